The van der Waals surface area contributed by atoms with E-state index >= 15 is 0 Å². The standard InChI is InChI=1S/C14H21N3O3/c1-4-16-13(18)9-17(3)12-7-6-10(8-11(12)15)14(19)20-5-2/h6-8H,4-5,9,15H2,1-3H3,(H,16,18). The molecule has 0 aliphatic rings. The number of likely N-dealkylation sites (N-methyl/N-ethyl adjacent to an activating group) is 2. The molecule has 0 atom stereocenters. The number of nitrogen functional groups attached to an aromatic ring is 1. The van der Waals surface area contributed by atoms with Gasteiger partial charge in [-0.3, -0.25) is 4.79 Å². The van der Waals surface area contributed by atoms with Crippen LogP contribution in [0.1, 0.15) is 24.2 Å². The van der Waals surface area contributed by atoms with E-state index in [-0.39, 0.29) is 12.5 Å². The molecule has 0 saturated heterocycles. The molecular formula is C14H21N3O3. The van der Waals surface area contributed by atoms with Crippen LogP contribution in [0, 0.1) is 0 Å². The molecule has 0 spiro atoms. The monoisotopic (exact) mass is 279 g/mol. The van der Waals surface area contributed by atoms with Crippen LogP contribution in [0.15, 0.2) is 18.2 Å². The molecule has 20 heavy (non-hydrogen) atoms. The Morgan fingerprint density at radius 1 is 1.35 bits per heavy atom. The Morgan fingerprint density at radius 3 is 2.60 bits per heavy atom. The van der Waals surface area contributed by atoms with Gasteiger partial charge in [0.15, 0.2) is 0 Å². The van der Waals surface area contributed by atoms with Crippen LogP contribution in [0.4, 0.5) is 11.4 Å². The Hall–Kier alpha value is -2.24. The summed E-state index contributed by atoms with van der Waals surface area (Å²) >= 11 is 0. The highest BCUT2D eigenvalue weighted by atomic mass is 16.5. The van der Waals surface area contributed by atoms with E-state index in [1.807, 2.05) is 6.92 Å². The quantitative estimate of drug-likeness (QED) is 0.600. The number of rotatable bonds is 6. The molecule has 1 aromatic carbocycles. The average Bonchev–Trinajstić information content (AvgIpc) is 2.38. The molecule has 6 nitrogen and oxygen atoms in total. The molecule has 0 fully saturated rings. The maximum atomic E-state index is 11.6. The third-order valence-corrected chi connectivity index (χ3v) is 2.70. The van der Waals surface area contributed by atoms with E-state index < -0.39 is 5.97 Å². The van der Waals surface area contributed by atoms with E-state index in [0.29, 0.717) is 30.1 Å². The van der Waals surface area contributed by atoms with Gasteiger partial charge in [0.05, 0.1) is 30.1 Å². The molecule has 1 rings (SSSR count). The zero-order valence-corrected chi connectivity index (χ0v) is 12.1. The minimum absolute atomic E-state index is 0.0798. The number of ether oxygens (including phenoxy) is 1. The Balaban J connectivity index is 2.82. The van der Waals surface area contributed by atoms with Gasteiger partial charge in [0, 0.05) is 13.6 Å². The van der Waals surface area contributed by atoms with Gasteiger partial charge in [0.2, 0.25) is 5.91 Å². The lowest BCUT2D eigenvalue weighted by Gasteiger charge is -2.20. The molecule has 0 unspecified atom stereocenters. The fraction of sp³-hybridized carbons (Fsp3) is 0.429. The number of carbonyl (C=O) groups excluding carboxylic acids is 2. The first-order valence-corrected chi connectivity index (χ1v) is 6.54. The van der Waals surface area contributed by atoms with E-state index in [0.717, 1.165) is 0 Å². The van der Waals surface area contributed by atoms with Crippen molar-refractivity contribution in [1.82, 2.24) is 5.32 Å². The first kappa shape index (κ1) is 15.8. The molecule has 0 aliphatic carbocycles. The number of anilines is 2. The zero-order chi connectivity index (χ0) is 15.1. The summed E-state index contributed by atoms with van der Waals surface area (Å²) in [6, 6.07) is 4.90. The summed E-state index contributed by atoms with van der Waals surface area (Å²) in [5.41, 5.74) is 7.46. The lowest BCUT2D eigenvalue weighted by Crippen LogP contribution is -2.35. The van der Waals surface area contributed by atoms with Crippen molar-refractivity contribution >= 4 is 23.3 Å². The number of carbonyl (C=O) groups is 2. The molecule has 0 aromatic heterocycles. The van der Waals surface area contributed by atoms with Crippen LogP contribution < -0.4 is 16.0 Å². The highest BCUT2D eigenvalue weighted by Gasteiger charge is 2.13. The molecular weight excluding hydrogens is 258 g/mol. The summed E-state index contributed by atoms with van der Waals surface area (Å²) in [7, 11) is 1.77. The SMILES string of the molecule is CCNC(=O)CN(C)c1ccc(C(=O)OCC)cc1N. The van der Waals surface area contributed by atoms with E-state index in [4.69, 9.17) is 10.5 Å². The maximum Gasteiger partial charge on any atom is 0.338 e. The van der Waals surface area contributed by atoms with Crippen LogP contribution in [0.3, 0.4) is 0 Å². The van der Waals surface area contributed by atoms with Gasteiger partial charge in [-0.05, 0) is 32.0 Å². The van der Waals surface area contributed by atoms with Crippen LogP contribution in [-0.4, -0.2) is 38.6 Å². The molecule has 0 bridgehead atoms. The number of esters is 1. The molecule has 0 saturated carbocycles. The van der Waals surface area contributed by atoms with Crippen LogP contribution >= 0.6 is 0 Å². The fourth-order valence-electron chi connectivity index (χ4n) is 1.80. The van der Waals surface area contributed by atoms with Crippen LogP contribution in [0.25, 0.3) is 0 Å². The second kappa shape index (κ2) is 7.37. The number of hydrogen-bond donors (Lipinski definition) is 2. The smallest absolute Gasteiger partial charge is 0.338 e. The third kappa shape index (κ3) is 4.15. The second-order valence-electron chi connectivity index (χ2n) is 4.30. The zero-order valence-electron chi connectivity index (χ0n) is 12.1. The number of nitrogens with one attached hydrogen (secondary N) is 1. The third-order valence-electron chi connectivity index (χ3n) is 2.70. The number of hydrogen-bond acceptors (Lipinski definition) is 5. The van der Waals surface area contributed by atoms with Crippen molar-refractivity contribution < 1.29 is 14.3 Å². The molecule has 0 heterocycles. The highest BCUT2D eigenvalue weighted by Crippen LogP contribution is 2.23. The minimum Gasteiger partial charge on any atom is -0.462 e. The van der Waals surface area contributed by atoms with Crippen molar-refractivity contribution in [2.45, 2.75) is 13.8 Å². The molecule has 0 radical (unpaired) electrons. The Bertz CT molecular complexity index is 489. The predicted octanol–water partition coefficient (Wildman–Crippen LogP) is 1.02. The summed E-state index contributed by atoms with van der Waals surface area (Å²) in [5, 5.41) is 2.72. The van der Waals surface area contributed by atoms with Crippen molar-refractivity contribution in [2.24, 2.45) is 0 Å². The van der Waals surface area contributed by atoms with Crippen LogP contribution in [0.2, 0.25) is 0 Å². The number of benzene rings is 1. The highest BCUT2D eigenvalue weighted by molar-refractivity contribution is 5.92. The summed E-state index contributed by atoms with van der Waals surface area (Å²) in [6.45, 7) is 4.72. The fourth-order valence-corrected chi connectivity index (χ4v) is 1.80. The lowest BCUT2D eigenvalue weighted by molar-refractivity contribution is -0.119. The van der Waals surface area contributed by atoms with Crippen molar-refractivity contribution in [3.63, 3.8) is 0 Å². The first-order chi connectivity index (χ1) is 9.49. The molecule has 1 aromatic rings. The summed E-state index contributed by atoms with van der Waals surface area (Å²) in [4.78, 5) is 24.8. The van der Waals surface area contributed by atoms with Gasteiger partial charge in [0.1, 0.15) is 0 Å². The van der Waals surface area contributed by atoms with Gasteiger partial charge in [-0.15, -0.1) is 0 Å². The largest absolute Gasteiger partial charge is 0.462 e. The number of amides is 1. The maximum absolute atomic E-state index is 11.6. The van der Waals surface area contributed by atoms with Gasteiger partial charge in [-0.25, -0.2) is 4.79 Å². The van der Waals surface area contributed by atoms with E-state index in [1.165, 1.54) is 0 Å². The van der Waals surface area contributed by atoms with Gasteiger partial charge in [-0.1, -0.05) is 0 Å². The van der Waals surface area contributed by atoms with Gasteiger partial charge >= 0.3 is 5.97 Å². The second-order valence-corrected chi connectivity index (χ2v) is 4.30. The topological polar surface area (TPSA) is 84.7 Å². The summed E-state index contributed by atoms with van der Waals surface area (Å²) in [5.74, 6) is -0.485. The van der Waals surface area contributed by atoms with E-state index in [9.17, 15) is 9.59 Å². The van der Waals surface area contributed by atoms with Crippen LogP contribution in [-0.2, 0) is 9.53 Å². The molecule has 110 valence electrons. The van der Waals surface area contributed by atoms with E-state index in [2.05, 4.69) is 5.32 Å². The average molecular weight is 279 g/mol. The molecule has 3 N–H and O–H groups in total. The van der Waals surface area contributed by atoms with Crippen molar-refractivity contribution in [2.75, 3.05) is 37.4 Å². The van der Waals surface area contributed by atoms with Crippen LogP contribution in [0.5, 0.6) is 0 Å². The Morgan fingerprint density at radius 2 is 2.05 bits per heavy atom. The van der Waals surface area contributed by atoms with Gasteiger partial charge in [0.25, 0.3) is 0 Å². The summed E-state index contributed by atoms with van der Waals surface area (Å²) < 4.78 is 4.91. The van der Waals surface area contributed by atoms with E-state index in [1.54, 1.807) is 37.1 Å². The Labute approximate surface area is 118 Å². The van der Waals surface area contributed by atoms with Gasteiger partial charge < -0.3 is 20.7 Å². The summed E-state index contributed by atoms with van der Waals surface area (Å²) in [6.07, 6.45) is 0. The predicted molar refractivity (Wildman–Crippen MR) is 78.8 cm³/mol. The molecule has 1 amide bonds. The van der Waals surface area contributed by atoms with Crippen molar-refractivity contribution in [3.05, 3.63) is 23.8 Å². The lowest BCUT2D eigenvalue weighted by atomic mass is 10.1. The van der Waals surface area contributed by atoms with Crippen molar-refractivity contribution in [3.8, 4) is 0 Å². The minimum atomic E-state index is -0.405. The number of nitrogens with zero attached hydrogens (tertiary/aromatic N) is 1. The normalized spacial score (nSPS) is 9.95. The molecule has 6 heteroatoms. The molecule has 0 aliphatic heterocycles. The Kier molecular flexibility index (Phi) is 5.83. The first-order valence-electron chi connectivity index (χ1n) is 6.54. The van der Waals surface area contributed by atoms with Crippen molar-refractivity contribution in [1.29, 1.82) is 0 Å². The number of nitrogens with two attached hydrogens (primary N) is 1. The van der Waals surface area contributed by atoms with Gasteiger partial charge in [-0.2, -0.15) is 0 Å².